The van der Waals surface area contributed by atoms with Crippen molar-refractivity contribution in [2.75, 3.05) is 7.05 Å². The molecular weight excluding hydrogens is 308 g/mol. The Morgan fingerprint density at radius 3 is 2.46 bits per heavy atom. The number of benzene rings is 2. The molecule has 0 spiro atoms. The normalized spacial score (nSPS) is 11.6. The van der Waals surface area contributed by atoms with E-state index in [0.29, 0.717) is 11.3 Å². The topological polar surface area (TPSA) is 72.7 Å². The number of amides is 1. The lowest BCUT2D eigenvalue weighted by Crippen LogP contribution is -2.37. The molecule has 126 valence electrons. The molecule has 0 aromatic heterocycles. The van der Waals surface area contributed by atoms with Crippen LogP contribution >= 0.6 is 0 Å². The molecule has 6 nitrogen and oxygen atoms in total. The predicted octanol–water partition coefficient (Wildman–Crippen LogP) is 3.33. The molecule has 0 saturated carbocycles. The zero-order valence-electron chi connectivity index (χ0n) is 13.9. The van der Waals surface area contributed by atoms with Gasteiger partial charge >= 0.3 is 0 Å². The Balaban J connectivity index is 2.04. The zero-order chi connectivity index (χ0) is 17.7. The molecule has 0 aliphatic heterocycles. The van der Waals surface area contributed by atoms with Crippen LogP contribution in [0.4, 0.5) is 5.69 Å². The summed E-state index contributed by atoms with van der Waals surface area (Å²) < 4.78 is 5.64. The molecule has 2 aromatic carbocycles. The molecule has 24 heavy (non-hydrogen) atoms. The maximum absolute atomic E-state index is 12.4. The number of rotatable bonds is 6. The molecule has 0 N–H and O–H groups in total. The number of hydrogen-bond acceptors (Lipinski definition) is 4. The van der Waals surface area contributed by atoms with Crippen molar-refractivity contribution in [2.45, 2.75) is 26.5 Å². The first-order chi connectivity index (χ1) is 11.4. The summed E-state index contributed by atoms with van der Waals surface area (Å²) in [6.45, 7) is 3.79. The Morgan fingerprint density at radius 1 is 1.21 bits per heavy atom. The number of nitrogens with zero attached hydrogens (tertiary/aromatic N) is 2. The second-order valence-corrected chi connectivity index (χ2v) is 5.65. The molecule has 6 heteroatoms. The Kier molecular flexibility index (Phi) is 5.52. The minimum atomic E-state index is -0.680. The second-order valence-electron chi connectivity index (χ2n) is 5.65. The van der Waals surface area contributed by atoms with Crippen molar-refractivity contribution in [2.24, 2.45) is 0 Å². The summed E-state index contributed by atoms with van der Waals surface area (Å²) in [6, 6.07) is 13.8. The minimum absolute atomic E-state index is 0.00394. The first kappa shape index (κ1) is 17.5. The van der Waals surface area contributed by atoms with Gasteiger partial charge in [-0.2, -0.15) is 0 Å². The highest BCUT2D eigenvalue weighted by atomic mass is 16.6. The van der Waals surface area contributed by atoms with E-state index in [0.717, 1.165) is 5.56 Å². The van der Waals surface area contributed by atoms with Crippen molar-refractivity contribution in [3.8, 4) is 5.75 Å². The van der Waals surface area contributed by atoms with E-state index in [1.165, 1.54) is 11.0 Å². The largest absolute Gasteiger partial charge is 0.481 e. The summed E-state index contributed by atoms with van der Waals surface area (Å²) in [6.07, 6.45) is -0.680. The maximum atomic E-state index is 12.4. The van der Waals surface area contributed by atoms with E-state index in [4.69, 9.17) is 4.74 Å². The third-order valence-corrected chi connectivity index (χ3v) is 3.65. The first-order valence-electron chi connectivity index (χ1n) is 7.59. The summed E-state index contributed by atoms with van der Waals surface area (Å²) >= 11 is 0. The Hall–Kier alpha value is -2.89. The number of hydrogen-bond donors (Lipinski definition) is 0. The fourth-order valence-electron chi connectivity index (χ4n) is 2.34. The number of likely N-dealkylation sites (N-methyl/N-ethyl adjacent to an activating group) is 1. The van der Waals surface area contributed by atoms with Crippen molar-refractivity contribution in [1.29, 1.82) is 0 Å². The van der Waals surface area contributed by atoms with Crippen LogP contribution in [0, 0.1) is 17.0 Å². The van der Waals surface area contributed by atoms with Crippen LogP contribution in [0.15, 0.2) is 48.5 Å². The number of carbonyl (C=O) groups is 1. The molecule has 1 unspecified atom stereocenters. The third kappa shape index (κ3) is 4.32. The highest BCUT2D eigenvalue weighted by Gasteiger charge is 2.22. The van der Waals surface area contributed by atoms with Gasteiger partial charge in [0.1, 0.15) is 5.75 Å². The number of carbonyl (C=O) groups excluding carboxylic acids is 1. The van der Waals surface area contributed by atoms with Gasteiger partial charge in [0.2, 0.25) is 0 Å². The molecule has 0 radical (unpaired) electrons. The predicted molar refractivity (Wildman–Crippen MR) is 90.8 cm³/mol. The van der Waals surface area contributed by atoms with Crippen LogP contribution in [-0.4, -0.2) is 28.9 Å². The lowest BCUT2D eigenvalue weighted by molar-refractivity contribution is -0.385. The number of aryl methyl sites for hydroxylation is 1. The fourth-order valence-corrected chi connectivity index (χ4v) is 2.34. The van der Waals surface area contributed by atoms with E-state index in [2.05, 4.69) is 0 Å². The first-order valence-corrected chi connectivity index (χ1v) is 7.59. The maximum Gasteiger partial charge on any atom is 0.274 e. The molecule has 0 heterocycles. The lowest BCUT2D eigenvalue weighted by Gasteiger charge is -2.22. The summed E-state index contributed by atoms with van der Waals surface area (Å²) in [5.41, 5.74) is 1.60. The molecule has 0 fully saturated rings. The SMILES string of the molecule is Cc1ccc(OC(C)C(=O)N(C)Cc2ccccc2[N+](=O)[O-])cc1. The van der Waals surface area contributed by atoms with Crippen LogP contribution in [-0.2, 0) is 11.3 Å². The van der Waals surface area contributed by atoms with Crippen molar-refractivity contribution < 1.29 is 14.5 Å². The smallest absolute Gasteiger partial charge is 0.274 e. The van der Waals surface area contributed by atoms with Crippen molar-refractivity contribution in [3.05, 3.63) is 69.8 Å². The highest BCUT2D eigenvalue weighted by Crippen LogP contribution is 2.20. The van der Waals surface area contributed by atoms with E-state index in [1.54, 1.807) is 44.3 Å². The van der Waals surface area contributed by atoms with E-state index < -0.39 is 11.0 Å². The number of nitro benzene ring substituents is 1. The summed E-state index contributed by atoms with van der Waals surface area (Å²) in [5.74, 6) is 0.370. The Morgan fingerprint density at radius 2 is 1.83 bits per heavy atom. The second kappa shape index (κ2) is 7.59. The van der Waals surface area contributed by atoms with Crippen LogP contribution in [0.25, 0.3) is 0 Å². The van der Waals surface area contributed by atoms with Crippen LogP contribution in [0.3, 0.4) is 0 Å². The van der Waals surface area contributed by atoms with Gasteiger partial charge in [-0.3, -0.25) is 14.9 Å². The van der Waals surface area contributed by atoms with E-state index in [-0.39, 0.29) is 18.1 Å². The molecule has 2 rings (SSSR count). The number of ether oxygens (including phenoxy) is 1. The average molecular weight is 328 g/mol. The zero-order valence-corrected chi connectivity index (χ0v) is 13.9. The van der Waals surface area contributed by atoms with Gasteiger partial charge in [-0.15, -0.1) is 0 Å². The van der Waals surface area contributed by atoms with Crippen molar-refractivity contribution in [3.63, 3.8) is 0 Å². The number of para-hydroxylation sites is 1. The molecule has 1 amide bonds. The van der Waals surface area contributed by atoms with Crippen molar-refractivity contribution in [1.82, 2.24) is 4.90 Å². The Bertz CT molecular complexity index is 728. The van der Waals surface area contributed by atoms with Crippen molar-refractivity contribution >= 4 is 11.6 Å². The lowest BCUT2D eigenvalue weighted by atomic mass is 10.1. The number of nitro groups is 1. The van der Waals surface area contributed by atoms with E-state index in [1.807, 2.05) is 19.1 Å². The van der Waals surface area contributed by atoms with Crippen LogP contribution in [0.1, 0.15) is 18.1 Å². The van der Waals surface area contributed by atoms with Gasteiger partial charge in [-0.25, -0.2) is 0 Å². The minimum Gasteiger partial charge on any atom is -0.481 e. The standard InChI is InChI=1S/C18H20N2O4/c1-13-8-10-16(11-9-13)24-14(2)18(21)19(3)12-15-6-4-5-7-17(15)20(22)23/h4-11,14H,12H2,1-3H3. The van der Waals surface area contributed by atoms with Gasteiger partial charge in [-0.1, -0.05) is 35.9 Å². The van der Waals surface area contributed by atoms with E-state index >= 15 is 0 Å². The van der Waals surface area contributed by atoms with E-state index in [9.17, 15) is 14.9 Å². The quantitative estimate of drug-likeness (QED) is 0.602. The molecule has 0 aliphatic carbocycles. The highest BCUT2D eigenvalue weighted by molar-refractivity contribution is 5.80. The van der Waals surface area contributed by atoms with Crippen LogP contribution < -0.4 is 4.74 Å². The van der Waals surface area contributed by atoms with Gasteiger partial charge in [0.05, 0.1) is 11.5 Å². The average Bonchev–Trinajstić information content (AvgIpc) is 2.56. The van der Waals surface area contributed by atoms with Crippen LogP contribution in [0.2, 0.25) is 0 Å². The summed E-state index contributed by atoms with van der Waals surface area (Å²) in [7, 11) is 1.61. The molecular formula is C18H20N2O4. The van der Waals surface area contributed by atoms with Crippen LogP contribution in [0.5, 0.6) is 5.75 Å². The van der Waals surface area contributed by atoms with Gasteiger partial charge in [0.15, 0.2) is 6.10 Å². The van der Waals surface area contributed by atoms with Gasteiger partial charge in [-0.05, 0) is 26.0 Å². The molecule has 0 bridgehead atoms. The van der Waals surface area contributed by atoms with Gasteiger partial charge < -0.3 is 9.64 Å². The third-order valence-electron chi connectivity index (χ3n) is 3.65. The molecule has 1 atom stereocenters. The summed E-state index contributed by atoms with van der Waals surface area (Å²) in [5, 5.41) is 11.1. The molecule has 2 aromatic rings. The van der Waals surface area contributed by atoms with Gasteiger partial charge in [0, 0.05) is 18.7 Å². The molecule has 0 aliphatic rings. The monoisotopic (exact) mass is 328 g/mol. The summed E-state index contributed by atoms with van der Waals surface area (Å²) in [4.78, 5) is 24.5. The molecule has 0 saturated heterocycles. The fraction of sp³-hybridized carbons (Fsp3) is 0.278. The Labute approximate surface area is 140 Å². The van der Waals surface area contributed by atoms with Gasteiger partial charge in [0.25, 0.3) is 11.6 Å².